The van der Waals surface area contributed by atoms with Crippen molar-refractivity contribution in [3.05, 3.63) is 76.6 Å². The Labute approximate surface area is 225 Å². The zero-order valence-electron chi connectivity index (χ0n) is 22.4. The minimum atomic E-state index is -4.49. The standard InChI is InChI=1S/C31H31F3N4O/c1-18-5-4-6-19(2)25(18)27-26(28(39-36-27)21-7-8-21)22-15-30(16-22)11-13-37(14-12-30)23-9-10-24-20(3)35-29(31(32,33)34)38(24)17-23/h4-6,9-10,15,17,21H,7-8,11-14,16H2,1-3H3. The van der Waals surface area contributed by atoms with Gasteiger partial charge in [0.15, 0.2) is 0 Å². The van der Waals surface area contributed by atoms with Crippen LogP contribution < -0.4 is 4.90 Å². The molecule has 39 heavy (non-hydrogen) atoms. The van der Waals surface area contributed by atoms with Crippen LogP contribution in [0.1, 0.15) is 72.0 Å². The molecule has 1 saturated heterocycles. The van der Waals surface area contributed by atoms with Crippen molar-refractivity contribution >= 4 is 16.8 Å². The van der Waals surface area contributed by atoms with Crippen LogP contribution >= 0.6 is 0 Å². The summed E-state index contributed by atoms with van der Waals surface area (Å²) in [4.78, 5) is 5.99. The molecule has 2 fully saturated rings. The van der Waals surface area contributed by atoms with Gasteiger partial charge >= 0.3 is 6.18 Å². The summed E-state index contributed by atoms with van der Waals surface area (Å²) in [5, 5.41) is 4.60. The largest absolute Gasteiger partial charge is 0.450 e. The number of alkyl halides is 3. The van der Waals surface area contributed by atoms with E-state index in [4.69, 9.17) is 4.52 Å². The Morgan fingerprint density at radius 3 is 2.31 bits per heavy atom. The number of rotatable bonds is 4. The Morgan fingerprint density at radius 1 is 0.974 bits per heavy atom. The third-order valence-corrected chi connectivity index (χ3v) is 8.91. The normalized spacial score (nSPS) is 19.0. The molecule has 0 bridgehead atoms. The van der Waals surface area contributed by atoms with E-state index in [-0.39, 0.29) is 5.41 Å². The fraction of sp³-hybridized carbons (Fsp3) is 0.419. The summed E-state index contributed by atoms with van der Waals surface area (Å²) < 4.78 is 47.9. The van der Waals surface area contributed by atoms with Crippen LogP contribution in [0.3, 0.4) is 0 Å². The second-order valence-corrected chi connectivity index (χ2v) is 11.7. The molecule has 1 spiro atoms. The Bertz CT molecular complexity index is 1610. The van der Waals surface area contributed by atoms with Crippen molar-refractivity contribution in [3.8, 4) is 11.3 Å². The van der Waals surface area contributed by atoms with Gasteiger partial charge in [0.25, 0.3) is 0 Å². The topological polar surface area (TPSA) is 46.6 Å². The summed E-state index contributed by atoms with van der Waals surface area (Å²) in [6, 6.07) is 10.0. The van der Waals surface area contributed by atoms with Gasteiger partial charge in [-0.3, -0.25) is 4.40 Å². The van der Waals surface area contributed by atoms with Crippen molar-refractivity contribution in [2.24, 2.45) is 5.41 Å². The highest BCUT2D eigenvalue weighted by Crippen LogP contribution is 2.56. The van der Waals surface area contributed by atoms with E-state index in [9.17, 15) is 13.2 Å². The number of hydrogen-bond donors (Lipinski definition) is 0. The molecule has 0 atom stereocenters. The average Bonchev–Trinajstić information content (AvgIpc) is 3.55. The molecule has 3 aromatic heterocycles. The van der Waals surface area contributed by atoms with Gasteiger partial charge in [0.05, 0.1) is 16.9 Å². The first-order chi connectivity index (χ1) is 18.6. The quantitative estimate of drug-likeness (QED) is 0.268. The smallest absolute Gasteiger partial charge is 0.370 e. The van der Waals surface area contributed by atoms with Crippen LogP contribution in [-0.4, -0.2) is 27.6 Å². The third-order valence-electron chi connectivity index (χ3n) is 8.91. The molecule has 2 aliphatic carbocycles. The number of halogens is 3. The van der Waals surface area contributed by atoms with E-state index in [1.807, 2.05) is 6.07 Å². The number of anilines is 1. The molecule has 4 heterocycles. The minimum absolute atomic E-state index is 0.120. The number of imidazole rings is 1. The number of hydrogen-bond acceptors (Lipinski definition) is 4. The monoisotopic (exact) mass is 532 g/mol. The molecular formula is C31H31F3N4O. The predicted molar refractivity (Wildman–Crippen MR) is 145 cm³/mol. The van der Waals surface area contributed by atoms with Crippen LogP contribution in [0.2, 0.25) is 0 Å². The number of aromatic nitrogens is 3. The van der Waals surface area contributed by atoms with E-state index in [2.05, 4.69) is 53.2 Å². The highest BCUT2D eigenvalue weighted by Gasteiger charge is 2.44. The van der Waals surface area contributed by atoms with Gasteiger partial charge in [-0.05, 0) is 87.1 Å². The van der Waals surface area contributed by atoms with Crippen LogP contribution in [0.25, 0.3) is 22.3 Å². The first-order valence-corrected chi connectivity index (χ1v) is 13.7. The maximum Gasteiger partial charge on any atom is 0.450 e. The Hall–Kier alpha value is -3.55. The van der Waals surface area contributed by atoms with Gasteiger partial charge in [-0.15, -0.1) is 0 Å². The van der Waals surface area contributed by atoms with Crippen LogP contribution in [0, 0.1) is 26.2 Å². The number of nitrogens with zero attached hydrogens (tertiary/aromatic N) is 4. The molecule has 1 aromatic carbocycles. The van der Waals surface area contributed by atoms with Gasteiger partial charge in [0, 0.05) is 36.3 Å². The second-order valence-electron chi connectivity index (χ2n) is 11.7. The molecule has 4 aromatic rings. The van der Waals surface area contributed by atoms with Crippen LogP contribution in [0.15, 0.2) is 47.1 Å². The van der Waals surface area contributed by atoms with Crippen molar-refractivity contribution in [1.82, 2.24) is 14.5 Å². The molecule has 0 radical (unpaired) electrons. The molecule has 0 unspecified atom stereocenters. The lowest BCUT2D eigenvalue weighted by molar-refractivity contribution is -0.145. The second kappa shape index (κ2) is 8.47. The van der Waals surface area contributed by atoms with Gasteiger partial charge < -0.3 is 9.42 Å². The Balaban J connectivity index is 1.15. The van der Waals surface area contributed by atoms with Gasteiger partial charge in [-0.25, -0.2) is 4.98 Å². The number of fused-ring (bicyclic) bond motifs is 1. The molecule has 0 N–H and O–H groups in total. The maximum absolute atomic E-state index is 13.6. The van der Waals surface area contributed by atoms with E-state index in [0.717, 1.165) is 62.3 Å². The number of allylic oxidation sites excluding steroid dienone is 2. The number of piperidine rings is 1. The Morgan fingerprint density at radius 2 is 1.67 bits per heavy atom. The van der Waals surface area contributed by atoms with Crippen molar-refractivity contribution in [1.29, 1.82) is 0 Å². The predicted octanol–water partition coefficient (Wildman–Crippen LogP) is 7.88. The van der Waals surface area contributed by atoms with Crippen molar-refractivity contribution in [2.45, 2.75) is 65.0 Å². The zero-order chi connectivity index (χ0) is 27.1. The summed E-state index contributed by atoms with van der Waals surface area (Å²) in [5.74, 6) is 0.639. The van der Waals surface area contributed by atoms with Gasteiger partial charge in [0.1, 0.15) is 11.5 Å². The van der Waals surface area contributed by atoms with E-state index in [1.54, 1.807) is 19.2 Å². The molecule has 1 saturated carbocycles. The molecule has 202 valence electrons. The molecule has 8 heteroatoms. The lowest BCUT2D eigenvalue weighted by Crippen LogP contribution is -2.42. The SMILES string of the molecule is Cc1cccc(C)c1-c1noc(C2CC2)c1C1=CC2(CCN(c3ccc4c(C)nc(C(F)(F)F)n4c3)CC2)C1. The maximum atomic E-state index is 13.6. The van der Waals surface area contributed by atoms with Gasteiger partial charge in [0.2, 0.25) is 5.82 Å². The number of aryl methyl sites for hydroxylation is 3. The van der Waals surface area contributed by atoms with Gasteiger partial charge in [-0.2, -0.15) is 13.2 Å². The number of pyridine rings is 1. The highest BCUT2D eigenvalue weighted by atomic mass is 19.4. The van der Waals surface area contributed by atoms with E-state index in [1.165, 1.54) is 32.2 Å². The Kier molecular flexibility index (Phi) is 5.32. The summed E-state index contributed by atoms with van der Waals surface area (Å²) in [7, 11) is 0. The molecule has 0 amide bonds. The molecule has 5 nitrogen and oxygen atoms in total. The fourth-order valence-electron chi connectivity index (χ4n) is 6.62. The summed E-state index contributed by atoms with van der Waals surface area (Å²) in [6.45, 7) is 7.47. The van der Waals surface area contributed by atoms with Crippen LogP contribution in [0.4, 0.5) is 18.9 Å². The summed E-state index contributed by atoms with van der Waals surface area (Å²) in [5.41, 5.74) is 8.87. The van der Waals surface area contributed by atoms with Gasteiger partial charge in [-0.1, -0.05) is 29.4 Å². The van der Waals surface area contributed by atoms with Crippen molar-refractivity contribution in [3.63, 3.8) is 0 Å². The lowest BCUT2D eigenvalue weighted by Gasteiger charge is -2.47. The molecule has 1 aliphatic heterocycles. The summed E-state index contributed by atoms with van der Waals surface area (Å²) in [6.07, 6.45) is 4.75. The first-order valence-electron chi connectivity index (χ1n) is 13.7. The van der Waals surface area contributed by atoms with Crippen molar-refractivity contribution in [2.75, 3.05) is 18.0 Å². The zero-order valence-corrected chi connectivity index (χ0v) is 22.4. The molecule has 3 aliphatic rings. The lowest BCUT2D eigenvalue weighted by atomic mass is 9.63. The average molecular weight is 533 g/mol. The fourth-order valence-corrected chi connectivity index (χ4v) is 6.62. The first kappa shape index (κ1) is 24.5. The highest BCUT2D eigenvalue weighted by molar-refractivity contribution is 5.86. The van der Waals surface area contributed by atoms with Crippen LogP contribution in [-0.2, 0) is 6.18 Å². The third kappa shape index (κ3) is 3.98. The van der Waals surface area contributed by atoms with Crippen molar-refractivity contribution < 1.29 is 17.7 Å². The molecular weight excluding hydrogens is 501 g/mol. The van der Waals surface area contributed by atoms with E-state index >= 15 is 0 Å². The minimum Gasteiger partial charge on any atom is -0.370 e. The number of benzene rings is 1. The van der Waals surface area contributed by atoms with Crippen LogP contribution in [0.5, 0.6) is 0 Å². The van der Waals surface area contributed by atoms with E-state index in [0.29, 0.717) is 17.1 Å². The van der Waals surface area contributed by atoms with E-state index < -0.39 is 12.0 Å². The summed E-state index contributed by atoms with van der Waals surface area (Å²) >= 11 is 0. The molecule has 7 rings (SSSR count).